The van der Waals surface area contributed by atoms with Crippen molar-refractivity contribution in [3.05, 3.63) is 59.7 Å². The zero-order chi connectivity index (χ0) is 18.2. The summed E-state index contributed by atoms with van der Waals surface area (Å²) in [7, 11) is 1.57. The lowest BCUT2D eigenvalue weighted by Gasteiger charge is -2.21. The fraction of sp³-hybridized carbons (Fsp3) is 0.211. The highest BCUT2D eigenvalue weighted by Gasteiger charge is 2.16. The van der Waals surface area contributed by atoms with E-state index in [9.17, 15) is 9.59 Å². The van der Waals surface area contributed by atoms with Crippen molar-refractivity contribution in [2.75, 3.05) is 18.6 Å². The lowest BCUT2D eigenvalue weighted by molar-refractivity contribution is -0.123. The molecule has 0 aliphatic heterocycles. The molecular formula is C19H19N3O3. The average Bonchev–Trinajstić information content (AvgIpc) is 2.64. The first-order valence-electron chi connectivity index (χ1n) is 7.72. The molecule has 0 atom stereocenters. The van der Waals surface area contributed by atoms with E-state index in [1.807, 2.05) is 30.3 Å². The molecule has 128 valence electrons. The third-order valence-corrected chi connectivity index (χ3v) is 3.64. The van der Waals surface area contributed by atoms with Crippen molar-refractivity contribution >= 4 is 17.5 Å². The molecule has 0 aromatic heterocycles. The Hall–Kier alpha value is -3.33. The van der Waals surface area contributed by atoms with Crippen molar-refractivity contribution < 1.29 is 14.3 Å². The van der Waals surface area contributed by atoms with Gasteiger partial charge in [0.05, 0.1) is 18.7 Å². The number of carbonyl (C=O) groups excluding carboxylic acids is 2. The predicted molar refractivity (Wildman–Crippen MR) is 94.0 cm³/mol. The fourth-order valence-electron chi connectivity index (χ4n) is 2.37. The molecule has 0 bridgehead atoms. The van der Waals surface area contributed by atoms with E-state index in [0.29, 0.717) is 23.5 Å². The molecule has 0 aliphatic rings. The van der Waals surface area contributed by atoms with Crippen LogP contribution in [0.1, 0.15) is 18.1 Å². The van der Waals surface area contributed by atoms with Gasteiger partial charge in [0.1, 0.15) is 12.3 Å². The van der Waals surface area contributed by atoms with Gasteiger partial charge < -0.3 is 15.0 Å². The Morgan fingerprint density at radius 2 is 1.96 bits per heavy atom. The summed E-state index contributed by atoms with van der Waals surface area (Å²) < 4.78 is 5.25. The molecule has 0 heterocycles. The number of carbonyl (C=O) groups is 2. The van der Waals surface area contributed by atoms with E-state index in [4.69, 9.17) is 10.00 Å². The molecule has 25 heavy (non-hydrogen) atoms. The number of nitrogens with one attached hydrogen (secondary N) is 1. The van der Waals surface area contributed by atoms with Crippen LogP contribution in [0, 0.1) is 11.3 Å². The Bertz CT molecular complexity index is 812. The zero-order valence-corrected chi connectivity index (χ0v) is 14.2. The summed E-state index contributed by atoms with van der Waals surface area (Å²) >= 11 is 0. The Morgan fingerprint density at radius 3 is 2.64 bits per heavy atom. The van der Waals surface area contributed by atoms with Crippen LogP contribution in [0.2, 0.25) is 0 Å². The van der Waals surface area contributed by atoms with Gasteiger partial charge in [0.2, 0.25) is 11.8 Å². The topological polar surface area (TPSA) is 82.4 Å². The van der Waals surface area contributed by atoms with E-state index in [0.717, 1.165) is 5.56 Å². The van der Waals surface area contributed by atoms with E-state index in [2.05, 4.69) is 5.32 Å². The monoisotopic (exact) mass is 337 g/mol. The van der Waals surface area contributed by atoms with Gasteiger partial charge in [-0.3, -0.25) is 9.59 Å². The lowest BCUT2D eigenvalue weighted by Crippen LogP contribution is -2.39. The molecule has 0 spiro atoms. The minimum Gasteiger partial charge on any atom is -0.496 e. The molecule has 0 radical (unpaired) electrons. The number of nitrogens with zero attached hydrogens (tertiary/aromatic N) is 2. The Kier molecular flexibility index (Phi) is 6.13. The normalized spacial score (nSPS) is 9.80. The molecule has 2 rings (SSSR count). The van der Waals surface area contributed by atoms with Crippen LogP contribution >= 0.6 is 0 Å². The lowest BCUT2D eigenvalue weighted by atomic mass is 10.2. The Balaban J connectivity index is 2.05. The van der Waals surface area contributed by atoms with E-state index in [1.165, 1.54) is 11.8 Å². The van der Waals surface area contributed by atoms with Crippen LogP contribution in [-0.4, -0.2) is 25.5 Å². The van der Waals surface area contributed by atoms with Gasteiger partial charge in [-0.15, -0.1) is 0 Å². The summed E-state index contributed by atoms with van der Waals surface area (Å²) in [4.78, 5) is 25.5. The largest absolute Gasteiger partial charge is 0.496 e. The van der Waals surface area contributed by atoms with Gasteiger partial charge in [0.25, 0.3) is 0 Å². The van der Waals surface area contributed by atoms with Gasteiger partial charge >= 0.3 is 0 Å². The number of para-hydroxylation sites is 1. The van der Waals surface area contributed by atoms with Crippen LogP contribution in [0.25, 0.3) is 0 Å². The Labute approximate surface area is 146 Å². The minimum absolute atomic E-state index is 0.126. The summed E-state index contributed by atoms with van der Waals surface area (Å²) in [6.45, 7) is 1.55. The maximum Gasteiger partial charge on any atom is 0.240 e. The second kappa shape index (κ2) is 8.50. The van der Waals surface area contributed by atoms with Crippen molar-refractivity contribution in [1.82, 2.24) is 5.32 Å². The van der Waals surface area contributed by atoms with Gasteiger partial charge in [-0.05, 0) is 24.3 Å². The van der Waals surface area contributed by atoms with Crippen molar-refractivity contribution in [2.45, 2.75) is 13.5 Å². The summed E-state index contributed by atoms with van der Waals surface area (Å²) in [5, 5.41) is 11.8. The maximum atomic E-state index is 12.2. The maximum absolute atomic E-state index is 12.2. The zero-order valence-electron chi connectivity index (χ0n) is 14.2. The molecular weight excluding hydrogens is 318 g/mol. The number of nitriles is 1. The average molecular weight is 337 g/mol. The number of hydrogen-bond donors (Lipinski definition) is 1. The van der Waals surface area contributed by atoms with Gasteiger partial charge in [-0.2, -0.15) is 5.26 Å². The molecule has 0 fully saturated rings. The first-order valence-corrected chi connectivity index (χ1v) is 7.72. The molecule has 0 saturated carbocycles. The highest BCUT2D eigenvalue weighted by Crippen LogP contribution is 2.18. The molecule has 0 unspecified atom stereocenters. The quantitative estimate of drug-likeness (QED) is 0.876. The second-order valence-electron chi connectivity index (χ2n) is 5.36. The van der Waals surface area contributed by atoms with Crippen molar-refractivity contribution in [1.29, 1.82) is 5.26 Å². The summed E-state index contributed by atoms with van der Waals surface area (Å²) in [5.74, 6) is 0.110. The predicted octanol–water partition coefficient (Wildman–Crippen LogP) is 2.24. The number of methoxy groups -OCH3 is 1. The first-order chi connectivity index (χ1) is 12.0. The molecule has 1 N–H and O–H groups in total. The Morgan fingerprint density at radius 1 is 1.20 bits per heavy atom. The summed E-state index contributed by atoms with van der Waals surface area (Å²) in [6, 6.07) is 16.0. The number of ether oxygens (including phenoxy) is 1. The standard InChI is InChI=1S/C19H19N3O3/c1-14(23)22(17-8-5-6-15(10-17)11-20)13-19(24)21-12-16-7-3-4-9-18(16)25-2/h3-10H,12-13H2,1-2H3,(H,21,24). The van der Waals surface area contributed by atoms with E-state index < -0.39 is 0 Å². The smallest absolute Gasteiger partial charge is 0.240 e. The van der Waals surface area contributed by atoms with E-state index in [1.54, 1.807) is 31.4 Å². The summed E-state index contributed by atoms with van der Waals surface area (Å²) in [5.41, 5.74) is 1.79. The minimum atomic E-state index is -0.302. The van der Waals surface area contributed by atoms with Crippen LogP contribution in [0.3, 0.4) is 0 Å². The number of hydrogen-bond acceptors (Lipinski definition) is 4. The van der Waals surface area contributed by atoms with Crippen molar-refractivity contribution in [2.24, 2.45) is 0 Å². The van der Waals surface area contributed by atoms with Gasteiger partial charge in [0.15, 0.2) is 0 Å². The highest BCUT2D eigenvalue weighted by molar-refractivity contribution is 5.97. The number of benzene rings is 2. The van der Waals surface area contributed by atoms with Crippen LogP contribution in [0.15, 0.2) is 48.5 Å². The first kappa shape index (κ1) is 18.0. The van der Waals surface area contributed by atoms with E-state index >= 15 is 0 Å². The van der Waals surface area contributed by atoms with Crippen molar-refractivity contribution in [3.63, 3.8) is 0 Å². The second-order valence-corrected chi connectivity index (χ2v) is 5.36. The number of rotatable bonds is 6. The molecule has 2 aromatic rings. The molecule has 6 heteroatoms. The summed E-state index contributed by atoms with van der Waals surface area (Å²) in [6.07, 6.45) is 0. The fourth-order valence-corrected chi connectivity index (χ4v) is 2.37. The highest BCUT2D eigenvalue weighted by atomic mass is 16.5. The van der Waals surface area contributed by atoms with Crippen LogP contribution in [-0.2, 0) is 16.1 Å². The molecule has 2 amide bonds. The van der Waals surface area contributed by atoms with E-state index in [-0.39, 0.29) is 18.4 Å². The van der Waals surface area contributed by atoms with Gasteiger partial charge in [0, 0.05) is 24.7 Å². The molecule has 0 aliphatic carbocycles. The van der Waals surface area contributed by atoms with Gasteiger partial charge in [-0.1, -0.05) is 24.3 Å². The van der Waals surface area contributed by atoms with Crippen molar-refractivity contribution in [3.8, 4) is 11.8 Å². The molecule has 0 saturated heterocycles. The van der Waals surface area contributed by atoms with Crippen LogP contribution in [0.4, 0.5) is 5.69 Å². The third-order valence-electron chi connectivity index (χ3n) is 3.64. The molecule has 2 aromatic carbocycles. The number of amides is 2. The van der Waals surface area contributed by atoms with Gasteiger partial charge in [-0.25, -0.2) is 0 Å². The SMILES string of the molecule is COc1ccccc1CNC(=O)CN(C(C)=O)c1cccc(C#N)c1. The number of anilines is 1. The third kappa shape index (κ3) is 4.82. The van der Waals surface area contributed by atoms with Crippen LogP contribution in [0.5, 0.6) is 5.75 Å². The molecule has 6 nitrogen and oxygen atoms in total. The van der Waals surface area contributed by atoms with Crippen LogP contribution < -0.4 is 15.0 Å².